The van der Waals surface area contributed by atoms with Gasteiger partial charge >= 0.3 is 5.97 Å². The zero-order valence-corrected chi connectivity index (χ0v) is 34.3. The summed E-state index contributed by atoms with van der Waals surface area (Å²) in [5.74, 6) is -6.37. The summed E-state index contributed by atoms with van der Waals surface area (Å²) in [7, 11) is 0. The van der Waals surface area contributed by atoms with Crippen LogP contribution in [-0.4, -0.2) is 89.7 Å². The summed E-state index contributed by atoms with van der Waals surface area (Å²) in [4.78, 5) is 108. The number of rotatable bonds is 14. The molecule has 2 aromatic rings. The van der Waals surface area contributed by atoms with E-state index < -0.39 is 95.6 Å². The van der Waals surface area contributed by atoms with Crippen molar-refractivity contribution in [2.45, 2.75) is 117 Å². The van der Waals surface area contributed by atoms with Crippen LogP contribution < -0.4 is 37.2 Å². The number of carbonyl (C=O) groups is 8. The van der Waals surface area contributed by atoms with Gasteiger partial charge in [0.1, 0.15) is 48.1 Å². The Labute approximate surface area is 339 Å². The number of amides is 7. The van der Waals surface area contributed by atoms with Crippen LogP contribution in [0.25, 0.3) is 0 Å². The number of esters is 1. The summed E-state index contributed by atoms with van der Waals surface area (Å²) in [6.07, 6.45) is 0.232. The minimum atomic E-state index is -1.59. The van der Waals surface area contributed by atoms with Gasteiger partial charge in [0.25, 0.3) is 0 Å². The van der Waals surface area contributed by atoms with E-state index in [0.717, 1.165) is 5.56 Å². The molecule has 7 atom stereocenters. The molecule has 0 saturated carbocycles. The first-order valence-electron chi connectivity index (χ1n) is 19.4. The van der Waals surface area contributed by atoms with Crippen LogP contribution in [-0.2, 0) is 55.9 Å². The normalized spacial score (nSPS) is 21.4. The zero-order valence-electron chi connectivity index (χ0n) is 34.3. The van der Waals surface area contributed by atoms with Crippen molar-refractivity contribution < 1.29 is 43.1 Å². The van der Waals surface area contributed by atoms with Crippen LogP contribution in [0.15, 0.2) is 72.4 Å². The third-order valence-corrected chi connectivity index (χ3v) is 9.34. The summed E-state index contributed by atoms with van der Waals surface area (Å²) in [5.41, 5.74) is 1.19. The van der Waals surface area contributed by atoms with E-state index in [1.165, 1.54) is 33.8 Å². The molecule has 0 radical (unpaired) electrons. The summed E-state index contributed by atoms with van der Waals surface area (Å²) < 4.78 is 5.59. The standard InChI is InChI=1S/C42H57N7O9/c1-9-30-42(57)58-26(7)35(41(56)48-34(24(4)5)40(55)43-25(6)36(51)45-30)49-39(54)33(22-29-18-14-11-15-19-29)47-37(52)31(20-23(2)3)46-38(53)32(44-27(8)50)21-28-16-12-10-13-17-28/h9-19,23-26,31-35H,20-22H2,1-8H3,(H,43,55)(H,44,50)(H,45,51)(H,46,53)(H,47,52)(H,48,56)(H,49,54). The van der Waals surface area contributed by atoms with Gasteiger partial charge in [-0.3, -0.25) is 33.6 Å². The second-order valence-corrected chi connectivity index (χ2v) is 15.1. The number of ether oxygens (including phenoxy) is 1. The number of carbonyl (C=O) groups excluding carboxylic acids is 8. The molecule has 1 aliphatic heterocycles. The molecule has 1 heterocycles. The second kappa shape index (κ2) is 22.0. The van der Waals surface area contributed by atoms with Crippen LogP contribution in [0.2, 0.25) is 0 Å². The highest BCUT2D eigenvalue weighted by atomic mass is 16.5. The Balaban J connectivity index is 1.97. The largest absolute Gasteiger partial charge is 0.455 e. The maximum absolute atomic E-state index is 14.3. The van der Waals surface area contributed by atoms with E-state index in [0.29, 0.717) is 5.56 Å². The van der Waals surface area contributed by atoms with E-state index in [2.05, 4.69) is 37.2 Å². The lowest BCUT2D eigenvalue weighted by atomic mass is 9.99. The lowest BCUT2D eigenvalue weighted by Crippen LogP contribution is -2.62. The third kappa shape index (κ3) is 14.2. The highest BCUT2D eigenvalue weighted by molar-refractivity contribution is 6.00. The molecule has 1 aliphatic rings. The Bertz CT molecular complexity index is 1820. The van der Waals surface area contributed by atoms with Crippen molar-refractivity contribution in [2.75, 3.05) is 0 Å². The van der Waals surface area contributed by atoms with Gasteiger partial charge in [-0.15, -0.1) is 0 Å². The zero-order chi connectivity index (χ0) is 43.1. The molecule has 0 spiro atoms. The Kier molecular flexibility index (Phi) is 17.6. The van der Waals surface area contributed by atoms with Crippen LogP contribution in [0.1, 0.15) is 72.9 Å². The first kappa shape index (κ1) is 46.3. The molecule has 2 aromatic carbocycles. The monoisotopic (exact) mass is 803 g/mol. The van der Waals surface area contributed by atoms with Gasteiger partial charge in [-0.2, -0.15) is 0 Å². The molecule has 16 heteroatoms. The Morgan fingerprint density at radius 1 is 0.707 bits per heavy atom. The fraction of sp³-hybridized carbons (Fsp3) is 0.476. The van der Waals surface area contributed by atoms with Crippen molar-refractivity contribution in [3.8, 4) is 0 Å². The van der Waals surface area contributed by atoms with Crippen molar-refractivity contribution in [2.24, 2.45) is 11.8 Å². The van der Waals surface area contributed by atoms with Gasteiger partial charge in [-0.1, -0.05) is 94.4 Å². The Morgan fingerprint density at radius 2 is 1.22 bits per heavy atom. The Hall–Kier alpha value is -6.06. The molecule has 7 unspecified atom stereocenters. The maximum Gasteiger partial charge on any atom is 0.354 e. The van der Waals surface area contributed by atoms with E-state index in [4.69, 9.17) is 4.74 Å². The smallest absolute Gasteiger partial charge is 0.354 e. The molecule has 0 aromatic heterocycles. The van der Waals surface area contributed by atoms with Crippen LogP contribution in [0, 0.1) is 11.8 Å². The van der Waals surface area contributed by atoms with E-state index in [1.54, 1.807) is 44.2 Å². The molecule has 16 nitrogen and oxygen atoms in total. The predicted molar refractivity (Wildman–Crippen MR) is 215 cm³/mol. The molecule has 1 saturated heterocycles. The van der Waals surface area contributed by atoms with E-state index in [1.807, 2.05) is 44.2 Å². The van der Waals surface area contributed by atoms with Crippen molar-refractivity contribution in [3.05, 3.63) is 83.6 Å². The number of hydrogen-bond donors (Lipinski definition) is 7. The lowest BCUT2D eigenvalue weighted by molar-refractivity contribution is -0.149. The third-order valence-electron chi connectivity index (χ3n) is 9.34. The first-order valence-corrected chi connectivity index (χ1v) is 19.4. The minimum Gasteiger partial charge on any atom is -0.455 e. The van der Waals surface area contributed by atoms with Crippen molar-refractivity contribution in [3.63, 3.8) is 0 Å². The summed E-state index contributed by atoms with van der Waals surface area (Å²) in [6.45, 7) is 12.6. The molecule has 7 N–H and O–H groups in total. The van der Waals surface area contributed by atoms with Crippen molar-refractivity contribution in [1.82, 2.24) is 37.2 Å². The Morgan fingerprint density at radius 3 is 1.72 bits per heavy atom. The molecule has 58 heavy (non-hydrogen) atoms. The fourth-order valence-corrected chi connectivity index (χ4v) is 6.19. The first-order chi connectivity index (χ1) is 27.4. The quantitative estimate of drug-likeness (QED) is 0.107. The highest BCUT2D eigenvalue weighted by Crippen LogP contribution is 2.13. The van der Waals surface area contributed by atoms with E-state index in [9.17, 15) is 38.4 Å². The van der Waals surface area contributed by atoms with E-state index >= 15 is 0 Å². The van der Waals surface area contributed by atoms with E-state index in [-0.39, 0.29) is 30.9 Å². The molecular weight excluding hydrogens is 747 g/mol. The SMILES string of the molecule is CC=C1NC(=O)C(C)NC(=O)C(C(C)C)NC(=O)C(NC(=O)C(Cc2ccccc2)NC(=O)C(CC(C)C)NC(=O)C(Cc2ccccc2)NC(C)=O)C(C)OC1=O. The molecule has 314 valence electrons. The van der Waals surface area contributed by atoms with Crippen LogP contribution >= 0.6 is 0 Å². The average molecular weight is 804 g/mol. The maximum atomic E-state index is 14.3. The molecule has 0 aliphatic carbocycles. The molecule has 7 amide bonds. The molecule has 0 bridgehead atoms. The molecule has 1 fully saturated rings. The lowest BCUT2D eigenvalue weighted by Gasteiger charge is -2.30. The second-order valence-electron chi connectivity index (χ2n) is 15.1. The van der Waals surface area contributed by atoms with Gasteiger partial charge in [0, 0.05) is 19.8 Å². The summed E-state index contributed by atoms with van der Waals surface area (Å²) in [6, 6.07) is 10.5. The topological polar surface area (TPSA) is 230 Å². The molecular formula is C42H57N7O9. The summed E-state index contributed by atoms with van der Waals surface area (Å²) >= 11 is 0. The number of nitrogens with one attached hydrogen (secondary N) is 7. The van der Waals surface area contributed by atoms with Gasteiger partial charge in [-0.05, 0) is 50.2 Å². The van der Waals surface area contributed by atoms with Crippen LogP contribution in [0.4, 0.5) is 0 Å². The van der Waals surface area contributed by atoms with Crippen molar-refractivity contribution >= 4 is 47.3 Å². The summed E-state index contributed by atoms with van der Waals surface area (Å²) in [5, 5.41) is 18.4. The number of cyclic esters (lactones) is 1. The number of allylic oxidation sites excluding steroid dienone is 1. The van der Waals surface area contributed by atoms with Gasteiger partial charge in [-0.25, -0.2) is 4.79 Å². The van der Waals surface area contributed by atoms with Crippen LogP contribution in [0.5, 0.6) is 0 Å². The van der Waals surface area contributed by atoms with Crippen LogP contribution in [0.3, 0.4) is 0 Å². The predicted octanol–water partition coefficient (Wildman–Crippen LogP) is 1.09. The van der Waals surface area contributed by atoms with Gasteiger partial charge in [0.15, 0.2) is 0 Å². The minimum absolute atomic E-state index is 0.0462. The van der Waals surface area contributed by atoms with Crippen molar-refractivity contribution in [1.29, 1.82) is 0 Å². The van der Waals surface area contributed by atoms with Gasteiger partial charge in [0.2, 0.25) is 41.4 Å². The molecule has 3 rings (SSSR count). The average Bonchev–Trinajstić information content (AvgIpc) is 3.16. The fourth-order valence-electron chi connectivity index (χ4n) is 6.19. The number of hydrogen-bond acceptors (Lipinski definition) is 9. The highest BCUT2D eigenvalue weighted by Gasteiger charge is 2.38. The van der Waals surface area contributed by atoms with Gasteiger partial charge < -0.3 is 42.0 Å². The van der Waals surface area contributed by atoms with Gasteiger partial charge in [0.05, 0.1) is 0 Å². The number of benzene rings is 2.